The van der Waals surface area contributed by atoms with Crippen molar-refractivity contribution in [1.82, 2.24) is 19.7 Å². The molecule has 5 rings (SSSR count). The van der Waals surface area contributed by atoms with Gasteiger partial charge in [0.1, 0.15) is 11.9 Å². The standard InChI is InChI=1S/C29H41N7O2/c1-20(2)36-21(3)28(37)33(5)26-19-30-27(18-25(26)36)31-23-8-6-7-22(17-23)29(38)35-15-13-34(14-16-35)24-9-11-32(4)12-10-24/h6-8,17-21,24H,9-16H2,1-5H3,(H,30,31). The van der Waals surface area contributed by atoms with E-state index >= 15 is 0 Å². The Morgan fingerprint density at radius 1 is 1.00 bits per heavy atom. The van der Waals surface area contributed by atoms with Gasteiger partial charge in [0.25, 0.3) is 5.91 Å². The lowest BCUT2D eigenvalue weighted by Crippen LogP contribution is -2.54. The van der Waals surface area contributed by atoms with E-state index in [2.05, 4.69) is 45.9 Å². The molecule has 0 bridgehead atoms. The number of nitrogens with one attached hydrogen (secondary N) is 1. The number of fused-ring (bicyclic) bond motifs is 1. The monoisotopic (exact) mass is 519 g/mol. The average molecular weight is 520 g/mol. The zero-order chi connectivity index (χ0) is 27.0. The molecule has 3 aliphatic rings. The van der Waals surface area contributed by atoms with Crippen LogP contribution in [0.15, 0.2) is 36.5 Å². The van der Waals surface area contributed by atoms with E-state index in [0.29, 0.717) is 17.4 Å². The number of anilines is 4. The van der Waals surface area contributed by atoms with Gasteiger partial charge in [-0.05, 0) is 71.9 Å². The van der Waals surface area contributed by atoms with Crippen LogP contribution in [0.4, 0.5) is 22.9 Å². The molecule has 0 radical (unpaired) electrons. The van der Waals surface area contributed by atoms with Crippen molar-refractivity contribution in [2.75, 3.05) is 68.5 Å². The van der Waals surface area contributed by atoms with Gasteiger partial charge in [-0.3, -0.25) is 14.5 Å². The number of likely N-dealkylation sites (tertiary alicyclic amines) is 1. The molecule has 0 saturated carbocycles. The van der Waals surface area contributed by atoms with Crippen molar-refractivity contribution in [2.24, 2.45) is 0 Å². The molecule has 1 aromatic carbocycles. The van der Waals surface area contributed by atoms with Crippen LogP contribution in [-0.4, -0.2) is 103 Å². The molecular formula is C29H41N7O2. The van der Waals surface area contributed by atoms with Crippen LogP contribution in [0.1, 0.15) is 44.0 Å². The van der Waals surface area contributed by atoms with Crippen LogP contribution < -0.4 is 15.1 Å². The van der Waals surface area contributed by atoms with Crippen molar-refractivity contribution in [1.29, 1.82) is 0 Å². The fraction of sp³-hybridized carbons (Fsp3) is 0.552. The Morgan fingerprint density at radius 3 is 2.39 bits per heavy atom. The van der Waals surface area contributed by atoms with Crippen molar-refractivity contribution < 1.29 is 9.59 Å². The number of carbonyl (C=O) groups is 2. The average Bonchev–Trinajstić information content (AvgIpc) is 2.92. The lowest BCUT2D eigenvalue weighted by molar-refractivity contribution is -0.119. The molecule has 1 N–H and O–H groups in total. The molecule has 38 heavy (non-hydrogen) atoms. The largest absolute Gasteiger partial charge is 0.355 e. The predicted octanol–water partition coefficient (Wildman–Crippen LogP) is 3.26. The van der Waals surface area contributed by atoms with E-state index in [0.717, 1.165) is 56.3 Å². The van der Waals surface area contributed by atoms with E-state index < -0.39 is 0 Å². The fourth-order valence-corrected chi connectivity index (χ4v) is 6.13. The smallest absolute Gasteiger partial charge is 0.254 e. The molecule has 2 fully saturated rings. The Labute approximate surface area is 226 Å². The lowest BCUT2D eigenvalue weighted by Gasteiger charge is -2.42. The van der Waals surface area contributed by atoms with Gasteiger partial charge in [-0.25, -0.2) is 4.98 Å². The van der Waals surface area contributed by atoms with E-state index in [-0.39, 0.29) is 23.9 Å². The van der Waals surface area contributed by atoms with Crippen LogP contribution in [0.5, 0.6) is 0 Å². The van der Waals surface area contributed by atoms with Crippen LogP contribution in [0.3, 0.4) is 0 Å². The lowest BCUT2D eigenvalue weighted by atomic mass is 10.0. The molecular weight excluding hydrogens is 478 g/mol. The number of likely N-dealkylation sites (N-methyl/N-ethyl adjacent to an activating group) is 1. The molecule has 0 aliphatic carbocycles. The first-order valence-electron chi connectivity index (χ1n) is 13.9. The van der Waals surface area contributed by atoms with Crippen LogP contribution >= 0.6 is 0 Å². The summed E-state index contributed by atoms with van der Waals surface area (Å²) in [6.07, 6.45) is 4.18. The minimum Gasteiger partial charge on any atom is -0.355 e. The van der Waals surface area contributed by atoms with Gasteiger partial charge >= 0.3 is 0 Å². The van der Waals surface area contributed by atoms with Gasteiger partial charge in [0.15, 0.2) is 0 Å². The van der Waals surface area contributed by atoms with Gasteiger partial charge in [-0.15, -0.1) is 0 Å². The molecule has 204 valence electrons. The highest BCUT2D eigenvalue weighted by atomic mass is 16.2. The number of pyridine rings is 1. The van der Waals surface area contributed by atoms with Crippen LogP contribution in [0.2, 0.25) is 0 Å². The molecule has 1 aromatic heterocycles. The Kier molecular flexibility index (Phi) is 7.59. The van der Waals surface area contributed by atoms with Gasteiger partial charge in [-0.2, -0.15) is 0 Å². The minimum absolute atomic E-state index is 0.0621. The number of piperidine rings is 1. The number of rotatable bonds is 5. The summed E-state index contributed by atoms with van der Waals surface area (Å²) >= 11 is 0. The number of hydrogen-bond donors (Lipinski definition) is 1. The van der Waals surface area contributed by atoms with E-state index in [1.54, 1.807) is 18.1 Å². The van der Waals surface area contributed by atoms with Crippen molar-refractivity contribution in [3.8, 4) is 0 Å². The summed E-state index contributed by atoms with van der Waals surface area (Å²) in [6, 6.07) is 10.2. The van der Waals surface area contributed by atoms with Crippen molar-refractivity contribution in [2.45, 2.75) is 51.7 Å². The molecule has 9 nitrogen and oxygen atoms in total. The zero-order valence-corrected chi connectivity index (χ0v) is 23.4. The van der Waals surface area contributed by atoms with Crippen LogP contribution in [0, 0.1) is 0 Å². The number of piperazine rings is 1. The van der Waals surface area contributed by atoms with Crippen molar-refractivity contribution in [3.63, 3.8) is 0 Å². The third-order valence-corrected chi connectivity index (χ3v) is 8.35. The van der Waals surface area contributed by atoms with Gasteiger partial charge in [0.05, 0.1) is 17.6 Å². The number of benzene rings is 1. The molecule has 3 aliphatic heterocycles. The Morgan fingerprint density at radius 2 is 1.71 bits per heavy atom. The van der Waals surface area contributed by atoms with Gasteiger partial charge in [0.2, 0.25) is 5.91 Å². The maximum Gasteiger partial charge on any atom is 0.254 e. The molecule has 9 heteroatoms. The van der Waals surface area contributed by atoms with E-state index in [1.807, 2.05) is 42.2 Å². The number of hydrogen-bond acceptors (Lipinski definition) is 7. The maximum absolute atomic E-state index is 13.4. The number of aromatic nitrogens is 1. The first kappa shape index (κ1) is 26.4. The second-order valence-electron chi connectivity index (χ2n) is 11.2. The molecule has 1 atom stereocenters. The van der Waals surface area contributed by atoms with E-state index in [1.165, 1.54) is 12.8 Å². The molecule has 4 heterocycles. The van der Waals surface area contributed by atoms with Crippen molar-refractivity contribution in [3.05, 3.63) is 42.1 Å². The highest BCUT2D eigenvalue weighted by Gasteiger charge is 2.35. The first-order valence-corrected chi connectivity index (χ1v) is 13.9. The van der Waals surface area contributed by atoms with Crippen LogP contribution in [-0.2, 0) is 4.79 Å². The first-order chi connectivity index (χ1) is 18.2. The fourth-order valence-electron chi connectivity index (χ4n) is 6.13. The highest BCUT2D eigenvalue weighted by Crippen LogP contribution is 2.38. The molecule has 2 aromatic rings. The summed E-state index contributed by atoms with van der Waals surface area (Å²) in [7, 11) is 3.99. The Bertz CT molecular complexity index is 1170. The van der Waals surface area contributed by atoms with Crippen molar-refractivity contribution >= 4 is 34.7 Å². The minimum atomic E-state index is -0.247. The van der Waals surface area contributed by atoms with E-state index in [4.69, 9.17) is 0 Å². The molecule has 0 spiro atoms. The predicted molar refractivity (Wildman–Crippen MR) is 152 cm³/mol. The number of nitrogens with zero attached hydrogens (tertiary/aromatic N) is 6. The van der Waals surface area contributed by atoms with Gasteiger partial charge in [-0.1, -0.05) is 6.07 Å². The third-order valence-electron chi connectivity index (χ3n) is 8.35. The quantitative estimate of drug-likeness (QED) is 0.650. The summed E-state index contributed by atoms with van der Waals surface area (Å²) in [5, 5.41) is 3.38. The molecule has 2 saturated heterocycles. The summed E-state index contributed by atoms with van der Waals surface area (Å²) in [6.45, 7) is 11.9. The molecule has 2 amide bonds. The Balaban J connectivity index is 1.26. The second kappa shape index (κ2) is 10.9. The SMILES string of the molecule is CC(C)N1c2cc(Nc3cccc(C(=O)N4CCN(C5CCN(C)CC5)CC4)c3)ncc2N(C)C(=O)C1C. The van der Waals surface area contributed by atoms with Gasteiger partial charge in [0, 0.05) is 62.6 Å². The zero-order valence-electron chi connectivity index (χ0n) is 23.4. The summed E-state index contributed by atoms with van der Waals surface area (Å²) < 4.78 is 0. The number of amides is 2. The number of carbonyl (C=O) groups excluding carboxylic acids is 2. The Hall–Kier alpha value is -3.17. The third kappa shape index (κ3) is 5.22. The summed E-state index contributed by atoms with van der Waals surface area (Å²) in [5.41, 5.74) is 3.28. The highest BCUT2D eigenvalue weighted by molar-refractivity contribution is 6.05. The normalized spacial score (nSPS) is 21.7. The topological polar surface area (TPSA) is 75.3 Å². The summed E-state index contributed by atoms with van der Waals surface area (Å²) in [4.78, 5) is 41.4. The molecule has 1 unspecified atom stereocenters. The maximum atomic E-state index is 13.4. The summed E-state index contributed by atoms with van der Waals surface area (Å²) in [5.74, 6) is 0.822. The van der Waals surface area contributed by atoms with E-state index in [9.17, 15) is 9.59 Å². The van der Waals surface area contributed by atoms with Crippen LogP contribution in [0.25, 0.3) is 0 Å². The van der Waals surface area contributed by atoms with Gasteiger partial charge < -0.3 is 24.9 Å². The second-order valence-corrected chi connectivity index (χ2v) is 11.2.